The number of ether oxygens (including phenoxy) is 3. The van der Waals surface area contributed by atoms with Gasteiger partial charge in [-0.2, -0.15) is 0 Å². The first-order chi connectivity index (χ1) is 32.0. The maximum absolute atomic E-state index is 12.8. The molecular formula is C59H98O6. The maximum atomic E-state index is 12.8. The highest BCUT2D eigenvalue weighted by molar-refractivity contribution is 5.71. The van der Waals surface area contributed by atoms with Gasteiger partial charge in [0.15, 0.2) is 6.10 Å². The van der Waals surface area contributed by atoms with Crippen molar-refractivity contribution in [2.75, 3.05) is 13.2 Å². The van der Waals surface area contributed by atoms with E-state index in [1.54, 1.807) is 0 Å². The summed E-state index contributed by atoms with van der Waals surface area (Å²) in [5, 5.41) is 0. The molecule has 370 valence electrons. The SMILES string of the molecule is CCCCC/C=C\C/C=C\C/C=C\C/C=C\C/C=C\CCC(=O)O[C@H](COC(=O)CCCC/C=C\C/C=C\C/C=C\CCCCC)COC(=O)CCCCCCCCCCCCCCC. The van der Waals surface area contributed by atoms with Gasteiger partial charge in [0.25, 0.3) is 0 Å². The monoisotopic (exact) mass is 903 g/mol. The van der Waals surface area contributed by atoms with Crippen LogP contribution in [0.5, 0.6) is 0 Å². The number of carbonyl (C=O) groups excluding carboxylic acids is 3. The lowest BCUT2D eigenvalue weighted by molar-refractivity contribution is -0.166. The molecule has 0 spiro atoms. The summed E-state index contributed by atoms with van der Waals surface area (Å²) >= 11 is 0. The van der Waals surface area contributed by atoms with Crippen LogP contribution in [0.1, 0.15) is 239 Å². The first kappa shape index (κ1) is 61.3. The van der Waals surface area contributed by atoms with Gasteiger partial charge >= 0.3 is 17.9 Å². The van der Waals surface area contributed by atoms with Crippen LogP contribution in [0.4, 0.5) is 0 Å². The molecule has 0 aromatic rings. The summed E-state index contributed by atoms with van der Waals surface area (Å²) < 4.78 is 16.7. The summed E-state index contributed by atoms with van der Waals surface area (Å²) in [6.07, 6.45) is 69.7. The van der Waals surface area contributed by atoms with Crippen LogP contribution in [-0.2, 0) is 28.6 Å². The van der Waals surface area contributed by atoms with Crippen molar-refractivity contribution in [2.24, 2.45) is 0 Å². The summed E-state index contributed by atoms with van der Waals surface area (Å²) in [7, 11) is 0. The second-order valence-electron chi connectivity index (χ2n) is 17.4. The Kier molecular flexibility index (Phi) is 50.0. The number of hydrogen-bond acceptors (Lipinski definition) is 6. The quantitative estimate of drug-likeness (QED) is 0.0262. The zero-order valence-corrected chi connectivity index (χ0v) is 42.2. The summed E-state index contributed by atoms with van der Waals surface area (Å²) in [5.74, 6) is -1.04. The Bertz CT molecular complexity index is 1310. The zero-order valence-electron chi connectivity index (χ0n) is 42.2. The van der Waals surface area contributed by atoms with Gasteiger partial charge < -0.3 is 14.2 Å². The number of allylic oxidation sites excluding steroid dienone is 16. The lowest BCUT2D eigenvalue weighted by Gasteiger charge is -2.18. The predicted molar refractivity (Wildman–Crippen MR) is 279 cm³/mol. The Balaban J connectivity index is 4.57. The minimum Gasteiger partial charge on any atom is -0.462 e. The topological polar surface area (TPSA) is 78.9 Å². The van der Waals surface area contributed by atoms with Crippen LogP contribution in [0, 0.1) is 0 Å². The highest BCUT2D eigenvalue weighted by Gasteiger charge is 2.19. The third-order valence-corrected chi connectivity index (χ3v) is 11.1. The van der Waals surface area contributed by atoms with Crippen molar-refractivity contribution in [2.45, 2.75) is 245 Å². The number of esters is 3. The van der Waals surface area contributed by atoms with Crippen molar-refractivity contribution < 1.29 is 28.6 Å². The second-order valence-corrected chi connectivity index (χ2v) is 17.4. The molecule has 1 atom stereocenters. The number of carbonyl (C=O) groups is 3. The molecule has 0 aliphatic carbocycles. The fourth-order valence-electron chi connectivity index (χ4n) is 7.02. The Morgan fingerprint density at radius 2 is 0.585 bits per heavy atom. The molecule has 0 heterocycles. The van der Waals surface area contributed by atoms with E-state index < -0.39 is 12.1 Å². The molecule has 0 unspecified atom stereocenters. The van der Waals surface area contributed by atoms with E-state index in [9.17, 15) is 14.4 Å². The molecule has 0 radical (unpaired) electrons. The lowest BCUT2D eigenvalue weighted by atomic mass is 10.0. The van der Waals surface area contributed by atoms with Gasteiger partial charge in [0.2, 0.25) is 0 Å². The molecule has 0 aromatic heterocycles. The van der Waals surface area contributed by atoms with Gasteiger partial charge in [-0.3, -0.25) is 14.4 Å². The van der Waals surface area contributed by atoms with Gasteiger partial charge in [-0.25, -0.2) is 0 Å². The van der Waals surface area contributed by atoms with Crippen molar-refractivity contribution in [1.82, 2.24) is 0 Å². The standard InChI is InChI=1S/C59H98O6/c1-4-7-10-13-16-19-22-25-27-28-29-30-32-35-38-41-44-47-50-53-59(62)65-56(54-63-57(60)51-48-45-42-39-36-33-24-21-18-15-12-9-6-3)55-64-58(61)52-49-46-43-40-37-34-31-26-23-20-17-14-11-8-5-2/h16-17,19-20,25-27,29-31,35,37-38,40,44,47,56H,4-15,18,21-24,28,32-34,36,39,41-43,45-46,48-55H2,1-3H3/b19-16-,20-17-,27-25-,30-29-,31-26-,38-35-,40-37-,47-44-/t56-/m0/s1. The van der Waals surface area contributed by atoms with Crippen molar-refractivity contribution >= 4 is 17.9 Å². The van der Waals surface area contributed by atoms with E-state index >= 15 is 0 Å². The molecule has 0 saturated heterocycles. The van der Waals surface area contributed by atoms with E-state index in [1.807, 2.05) is 12.2 Å². The first-order valence-electron chi connectivity index (χ1n) is 26.7. The molecule has 0 amide bonds. The molecule has 0 N–H and O–H groups in total. The second kappa shape index (κ2) is 52.9. The van der Waals surface area contributed by atoms with Crippen molar-refractivity contribution in [3.63, 3.8) is 0 Å². The minimum absolute atomic E-state index is 0.118. The van der Waals surface area contributed by atoms with Crippen molar-refractivity contribution in [3.8, 4) is 0 Å². The van der Waals surface area contributed by atoms with Crippen molar-refractivity contribution in [1.29, 1.82) is 0 Å². The zero-order chi connectivity index (χ0) is 47.2. The van der Waals surface area contributed by atoms with Gasteiger partial charge in [0.05, 0.1) is 0 Å². The third-order valence-electron chi connectivity index (χ3n) is 11.1. The fraction of sp³-hybridized carbons (Fsp3) is 0.678. The predicted octanol–water partition coefficient (Wildman–Crippen LogP) is 17.8. The number of unbranched alkanes of at least 4 members (excludes halogenated alkanes) is 20. The summed E-state index contributed by atoms with van der Waals surface area (Å²) in [5.41, 5.74) is 0. The van der Waals surface area contributed by atoms with Crippen LogP contribution in [0.3, 0.4) is 0 Å². The summed E-state index contributed by atoms with van der Waals surface area (Å²) in [4.78, 5) is 38.0. The van der Waals surface area contributed by atoms with Crippen LogP contribution < -0.4 is 0 Å². The Hall–Kier alpha value is -3.67. The van der Waals surface area contributed by atoms with E-state index in [2.05, 4.69) is 106 Å². The first-order valence-corrected chi connectivity index (χ1v) is 26.7. The van der Waals surface area contributed by atoms with E-state index in [1.165, 1.54) is 116 Å². The summed E-state index contributed by atoms with van der Waals surface area (Å²) in [6, 6.07) is 0. The molecule has 6 nitrogen and oxygen atoms in total. The van der Waals surface area contributed by atoms with Crippen LogP contribution in [0.15, 0.2) is 97.2 Å². The van der Waals surface area contributed by atoms with Crippen molar-refractivity contribution in [3.05, 3.63) is 97.2 Å². The average Bonchev–Trinajstić information content (AvgIpc) is 3.30. The van der Waals surface area contributed by atoms with Gasteiger partial charge in [-0.05, 0) is 96.3 Å². The van der Waals surface area contributed by atoms with Gasteiger partial charge in [-0.15, -0.1) is 0 Å². The largest absolute Gasteiger partial charge is 0.462 e. The van der Waals surface area contributed by atoms with E-state index in [0.29, 0.717) is 25.7 Å². The Labute approximate surface area is 400 Å². The molecular weight excluding hydrogens is 805 g/mol. The molecule has 0 rings (SSSR count). The minimum atomic E-state index is -0.831. The molecule has 0 aromatic carbocycles. The lowest BCUT2D eigenvalue weighted by Crippen LogP contribution is -2.30. The molecule has 0 aliphatic rings. The Morgan fingerprint density at radius 1 is 0.308 bits per heavy atom. The molecule has 0 aliphatic heterocycles. The highest BCUT2D eigenvalue weighted by Crippen LogP contribution is 2.14. The molecule has 65 heavy (non-hydrogen) atoms. The normalized spacial score (nSPS) is 12.8. The smallest absolute Gasteiger partial charge is 0.306 e. The Morgan fingerprint density at radius 3 is 0.954 bits per heavy atom. The van der Waals surface area contributed by atoms with Crippen LogP contribution in [0.25, 0.3) is 0 Å². The third kappa shape index (κ3) is 51.2. The fourth-order valence-corrected chi connectivity index (χ4v) is 7.02. The van der Waals surface area contributed by atoms with Crippen LogP contribution in [-0.4, -0.2) is 37.2 Å². The van der Waals surface area contributed by atoms with Gasteiger partial charge in [0, 0.05) is 19.3 Å². The number of rotatable bonds is 47. The van der Waals surface area contributed by atoms with E-state index in [-0.39, 0.29) is 31.6 Å². The highest BCUT2D eigenvalue weighted by atomic mass is 16.6. The number of hydrogen-bond donors (Lipinski definition) is 0. The summed E-state index contributed by atoms with van der Waals surface area (Å²) in [6.45, 7) is 6.48. The van der Waals surface area contributed by atoms with Gasteiger partial charge in [-0.1, -0.05) is 221 Å². The molecule has 0 saturated carbocycles. The van der Waals surface area contributed by atoms with Crippen LogP contribution in [0.2, 0.25) is 0 Å². The van der Waals surface area contributed by atoms with Crippen LogP contribution >= 0.6 is 0 Å². The maximum Gasteiger partial charge on any atom is 0.306 e. The molecule has 6 heteroatoms. The molecule has 0 bridgehead atoms. The van der Waals surface area contributed by atoms with E-state index in [4.69, 9.17) is 14.2 Å². The average molecular weight is 903 g/mol. The van der Waals surface area contributed by atoms with Gasteiger partial charge in [0.1, 0.15) is 13.2 Å². The molecule has 0 fully saturated rings. The van der Waals surface area contributed by atoms with E-state index in [0.717, 1.165) is 70.6 Å².